The van der Waals surface area contributed by atoms with Gasteiger partial charge < -0.3 is 5.11 Å². The first-order valence-corrected chi connectivity index (χ1v) is 6.90. The van der Waals surface area contributed by atoms with Gasteiger partial charge in [-0.2, -0.15) is 0 Å². The van der Waals surface area contributed by atoms with E-state index < -0.39 is 0 Å². The van der Waals surface area contributed by atoms with Gasteiger partial charge in [-0.1, -0.05) is 43.3 Å². The standard InChI is InChI=1S/C15H14OS/c1-2-17-14-9-7-11-13(16)8-6-10-4-3-5-12(14)15(10)11/h3-9,14,16H,2H2,1H3. The summed E-state index contributed by atoms with van der Waals surface area (Å²) in [6, 6.07) is 10.1. The van der Waals surface area contributed by atoms with Crippen molar-refractivity contribution in [2.75, 3.05) is 5.75 Å². The van der Waals surface area contributed by atoms with Crippen LogP contribution in [0.4, 0.5) is 0 Å². The number of phenolic OH excluding ortho intramolecular Hbond substituents is 1. The van der Waals surface area contributed by atoms with Gasteiger partial charge in [-0.25, -0.2) is 0 Å². The van der Waals surface area contributed by atoms with E-state index in [0.29, 0.717) is 11.0 Å². The highest BCUT2D eigenvalue weighted by Crippen LogP contribution is 2.42. The zero-order chi connectivity index (χ0) is 11.8. The Morgan fingerprint density at radius 3 is 2.94 bits per heavy atom. The average Bonchev–Trinajstić information content (AvgIpc) is 2.36. The van der Waals surface area contributed by atoms with Gasteiger partial charge in [0.25, 0.3) is 0 Å². The van der Waals surface area contributed by atoms with Crippen LogP contribution < -0.4 is 0 Å². The molecule has 1 atom stereocenters. The molecular weight excluding hydrogens is 228 g/mol. The number of hydrogen-bond donors (Lipinski definition) is 1. The van der Waals surface area contributed by atoms with Crippen LogP contribution in [-0.2, 0) is 0 Å². The van der Waals surface area contributed by atoms with Gasteiger partial charge in [-0.05, 0) is 28.2 Å². The largest absolute Gasteiger partial charge is 0.507 e. The maximum absolute atomic E-state index is 9.92. The van der Waals surface area contributed by atoms with Gasteiger partial charge in [0.1, 0.15) is 5.75 Å². The van der Waals surface area contributed by atoms with E-state index in [0.717, 1.165) is 11.3 Å². The fraction of sp³-hybridized carbons (Fsp3) is 0.200. The molecule has 0 saturated carbocycles. The van der Waals surface area contributed by atoms with E-state index in [4.69, 9.17) is 0 Å². The van der Waals surface area contributed by atoms with E-state index >= 15 is 0 Å². The van der Waals surface area contributed by atoms with Crippen molar-refractivity contribution in [2.45, 2.75) is 12.2 Å². The van der Waals surface area contributed by atoms with Crippen molar-refractivity contribution in [1.29, 1.82) is 0 Å². The van der Waals surface area contributed by atoms with Crippen LogP contribution >= 0.6 is 11.8 Å². The van der Waals surface area contributed by atoms with Crippen LogP contribution in [0.5, 0.6) is 5.75 Å². The fourth-order valence-corrected chi connectivity index (χ4v) is 3.37. The summed E-state index contributed by atoms with van der Waals surface area (Å²) in [4.78, 5) is 0. The molecule has 1 unspecified atom stereocenters. The van der Waals surface area contributed by atoms with E-state index in [9.17, 15) is 5.11 Å². The number of thioether (sulfide) groups is 1. The Labute approximate surface area is 105 Å². The van der Waals surface area contributed by atoms with Crippen molar-refractivity contribution >= 4 is 28.6 Å². The highest BCUT2D eigenvalue weighted by Gasteiger charge is 2.18. The van der Waals surface area contributed by atoms with Gasteiger partial charge in [-0.15, -0.1) is 11.8 Å². The second-order valence-electron chi connectivity index (χ2n) is 4.18. The van der Waals surface area contributed by atoms with Gasteiger partial charge in [0.05, 0.1) is 0 Å². The molecule has 1 N–H and O–H groups in total. The van der Waals surface area contributed by atoms with Crippen LogP contribution in [0.3, 0.4) is 0 Å². The first kappa shape index (κ1) is 10.7. The van der Waals surface area contributed by atoms with Crippen LogP contribution in [0.1, 0.15) is 23.3 Å². The van der Waals surface area contributed by atoms with Crippen molar-refractivity contribution in [1.82, 2.24) is 0 Å². The van der Waals surface area contributed by atoms with Gasteiger partial charge in [0.15, 0.2) is 0 Å². The molecule has 0 heterocycles. The molecule has 0 fully saturated rings. The number of rotatable bonds is 2. The van der Waals surface area contributed by atoms with Crippen LogP contribution in [0.15, 0.2) is 36.4 Å². The first-order valence-electron chi connectivity index (χ1n) is 5.85. The molecule has 0 aliphatic heterocycles. The van der Waals surface area contributed by atoms with Crippen molar-refractivity contribution in [2.24, 2.45) is 0 Å². The minimum absolute atomic E-state index is 0.376. The fourth-order valence-electron chi connectivity index (χ4n) is 2.44. The topological polar surface area (TPSA) is 20.2 Å². The molecule has 1 nitrogen and oxygen atoms in total. The lowest BCUT2D eigenvalue weighted by molar-refractivity contribution is 0.475. The lowest BCUT2D eigenvalue weighted by Gasteiger charge is -2.21. The van der Waals surface area contributed by atoms with Crippen LogP contribution in [0.25, 0.3) is 16.8 Å². The number of aromatic hydroxyl groups is 1. The summed E-state index contributed by atoms with van der Waals surface area (Å²) >= 11 is 1.93. The Balaban J connectivity index is 2.31. The molecule has 3 rings (SSSR count). The molecule has 0 aromatic heterocycles. The summed E-state index contributed by atoms with van der Waals surface area (Å²) in [5, 5.41) is 12.8. The van der Waals surface area contributed by atoms with Crippen molar-refractivity contribution < 1.29 is 5.11 Å². The molecule has 2 aromatic rings. The Kier molecular flexibility index (Phi) is 2.60. The minimum Gasteiger partial charge on any atom is -0.507 e. The summed E-state index contributed by atoms with van der Waals surface area (Å²) in [6.07, 6.45) is 4.24. The molecule has 17 heavy (non-hydrogen) atoms. The second kappa shape index (κ2) is 4.11. The molecule has 0 radical (unpaired) electrons. The second-order valence-corrected chi connectivity index (χ2v) is 5.60. The lowest BCUT2D eigenvalue weighted by Crippen LogP contribution is -1.98. The van der Waals surface area contributed by atoms with E-state index in [-0.39, 0.29) is 0 Å². The molecule has 1 aliphatic carbocycles. The SMILES string of the molecule is CCSC1C=Cc2c(O)ccc3cccc1c23. The van der Waals surface area contributed by atoms with Crippen molar-refractivity contribution in [3.8, 4) is 5.75 Å². The average molecular weight is 242 g/mol. The number of hydrogen-bond acceptors (Lipinski definition) is 2. The van der Waals surface area contributed by atoms with E-state index in [2.05, 4.69) is 37.3 Å². The molecule has 86 valence electrons. The number of benzene rings is 2. The Bertz CT molecular complexity index is 601. The third-order valence-electron chi connectivity index (χ3n) is 3.19. The maximum atomic E-state index is 9.92. The molecule has 0 spiro atoms. The molecule has 0 saturated heterocycles. The normalized spacial score (nSPS) is 17.6. The first-order chi connectivity index (χ1) is 8.31. The smallest absolute Gasteiger partial charge is 0.123 e. The van der Waals surface area contributed by atoms with Crippen LogP contribution in [0, 0.1) is 0 Å². The zero-order valence-electron chi connectivity index (χ0n) is 9.68. The molecule has 2 heteroatoms. The summed E-state index contributed by atoms with van der Waals surface area (Å²) in [6.45, 7) is 2.18. The monoisotopic (exact) mass is 242 g/mol. The van der Waals surface area contributed by atoms with Gasteiger partial charge >= 0.3 is 0 Å². The predicted octanol–water partition coefficient (Wildman–Crippen LogP) is 4.37. The molecule has 1 aliphatic rings. The lowest BCUT2D eigenvalue weighted by atomic mass is 9.92. The van der Waals surface area contributed by atoms with Gasteiger partial charge in [0, 0.05) is 10.8 Å². The molecule has 2 aromatic carbocycles. The third kappa shape index (κ3) is 1.64. The summed E-state index contributed by atoms with van der Waals surface area (Å²) in [7, 11) is 0. The molecule has 0 amide bonds. The Morgan fingerprint density at radius 1 is 1.24 bits per heavy atom. The Morgan fingerprint density at radius 2 is 2.12 bits per heavy atom. The Hall–Kier alpha value is -1.41. The van der Waals surface area contributed by atoms with E-state index in [1.807, 2.05) is 17.8 Å². The van der Waals surface area contributed by atoms with E-state index in [1.165, 1.54) is 16.3 Å². The highest BCUT2D eigenvalue weighted by atomic mass is 32.2. The van der Waals surface area contributed by atoms with E-state index in [1.54, 1.807) is 6.07 Å². The highest BCUT2D eigenvalue weighted by molar-refractivity contribution is 7.99. The summed E-state index contributed by atoms with van der Waals surface area (Å²) in [5.41, 5.74) is 2.29. The van der Waals surface area contributed by atoms with Gasteiger partial charge in [0.2, 0.25) is 0 Å². The van der Waals surface area contributed by atoms with Crippen LogP contribution in [-0.4, -0.2) is 10.9 Å². The minimum atomic E-state index is 0.376. The quantitative estimate of drug-likeness (QED) is 0.844. The molecule has 0 bridgehead atoms. The van der Waals surface area contributed by atoms with Gasteiger partial charge in [-0.3, -0.25) is 0 Å². The maximum Gasteiger partial charge on any atom is 0.123 e. The summed E-state index contributed by atoms with van der Waals surface area (Å²) < 4.78 is 0. The van der Waals surface area contributed by atoms with Crippen molar-refractivity contribution in [3.63, 3.8) is 0 Å². The van der Waals surface area contributed by atoms with Crippen molar-refractivity contribution in [3.05, 3.63) is 47.5 Å². The zero-order valence-corrected chi connectivity index (χ0v) is 10.5. The molecular formula is C15H14OS. The van der Waals surface area contributed by atoms with Crippen LogP contribution in [0.2, 0.25) is 0 Å². The summed E-state index contributed by atoms with van der Waals surface area (Å²) in [5.74, 6) is 1.47. The third-order valence-corrected chi connectivity index (χ3v) is 4.29. The predicted molar refractivity (Wildman–Crippen MR) is 75.5 cm³/mol. The number of phenols is 1.